The number of thioether (sulfide) groups is 1. The van der Waals surface area contributed by atoms with Gasteiger partial charge in [0.2, 0.25) is 41.2 Å². The summed E-state index contributed by atoms with van der Waals surface area (Å²) in [5.74, 6) is -4.68. The summed E-state index contributed by atoms with van der Waals surface area (Å²) in [5, 5.41) is 146. The fraction of sp³-hybridized carbons (Fsp3) is 0.449. The van der Waals surface area contributed by atoms with E-state index >= 15 is 0 Å². The average molecular weight is 1780 g/mol. The van der Waals surface area contributed by atoms with E-state index in [2.05, 4.69) is 78.7 Å². The minimum Gasteiger partial charge on any atom is -0.508 e. The number of aliphatic hydroxyl groups is 9. The number of thiol groups is 1. The molecule has 4 heterocycles. The second kappa shape index (κ2) is 47.2. The fourth-order valence-corrected chi connectivity index (χ4v) is 15.9. The maximum absolute atomic E-state index is 13.2. The van der Waals surface area contributed by atoms with Crippen molar-refractivity contribution in [3.63, 3.8) is 0 Å². The molecule has 37 heteroatoms. The third-order valence-corrected chi connectivity index (χ3v) is 22.6. The molecule has 4 aromatic carbocycles. The van der Waals surface area contributed by atoms with Gasteiger partial charge in [-0.15, -0.1) is 17.7 Å². The van der Waals surface area contributed by atoms with Gasteiger partial charge >= 0.3 is 23.1 Å². The number of nitrogens with one attached hydrogen (secondary N) is 4. The molecular weight excluding hydrogens is 1660 g/mol. The Kier molecular flexibility index (Phi) is 36.0. The molecule has 5 aromatic rings. The number of aliphatic hydroxyl groups excluding tert-OH is 9. The highest BCUT2D eigenvalue weighted by molar-refractivity contribution is 8.00. The fourth-order valence-electron chi connectivity index (χ4n) is 14.1. The second-order valence-corrected chi connectivity index (χ2v) is 33.0. The standard InChI is InChI=1S/C89H112N16O19S2/c1-8-122-87(118)79-78(124-79)85(115)99-67(43-51(2)3)84(114)98-68(45-52-19-29-59(106)30-20-52)83(113)93-39-40-120-41-42-121-49-75(109)96-65(16-12-14-37-94-89(125)95-56-26-31-60(63(46-56)86(116)117)76-61-32-27-57(104(4)5)47-71(61)123-72-48-58(105(6)7)28-33-62(72)76)82(112)92-38-35-53-21-34-70(107)66(44-53)103-102-55-24-22-54(23-25-55)81(111)97-64(80(90)110)15-11-13-36-91-74(108)18-10-9-17-73-77-69(50-126-73)100-88(119)101-77/h19-34,44,46-48,51,64-65,67-69,73,77-79H,8-18,35-43,45,49-50H2,1-7H3,(H15-,90,91,92,93,94,95,96,97,98,99,100,101,102,106,107,108,109,110,111,112,113,114,115,116,117,119,125)/p+1/t64-,65-,67-,68-,69-,73-,77-,78-,79-/m0/s1. The monoisotopic (exact) mass is 1770 g/mol. The summed E-state index contributed by atoms with van der Waals surface area (Å²) >= 11 is 6.46. The van der Waals surface area contributed by atoms with Gasteiger partial charge in [0.25, 0.3) is 6.02 Å². The van der Waals surface area contributed by atoms with E-state index in [1.165, 1.54) is 24.3 Å². The molecule has 35 nitrogen and oxygen atoms in total. The molecule has 0 amide bonds. The first-order chi connectivity index (χ1) is 60.5. The molecule has 2 saturated heterocycles. The zero-order valence-electron chi connectivity index (χ0n) is 71.5. The number of carboxylic acid groups (broad SMARTS) is 1. The number of carbonyl (C=O) groups excluding carboxylic acids is 2. The SMILES string of the molecule is CCOC(=O)[C@H]1O[C@@H]1C(O)=N[C@@H](CC(C)C)C(O)=N[C@@H](Cc1ccc(O)cc1)C(O)=NCCOCCOCC(O)=N[C@@H](CCCCN=C(S)Nc1ccc(-c2c3ccc(N(C)C)cc3[o+]c3cc(N(C)C)ccc23)c(C(=O)O)c1)C(O)=NCCC1=CC(=NN=C2C=CC(=C(O)N[C@@H](CCCCN=C(O)CCCC[C@@H]3SC[C@@H]4N=C(O)N[C@@H]43)C(=N)O)C=C2)C(=O)C=C1. The normalized spacial score (nSPS) is 19.4. The molecule has 9 atom stereocenters. The number of amidine groups is 2. The lowest BCUT2D eigenvalue weighted by molar-refractivity contribution is -0.144. The van der Waals surface area contributed by atoms with E-state index < -0.39 is 96.1 Å². The Hall–Kier alpha value is -12.2. The number of nitrogens with zero attached hydrogens (tertiary/aromatic N) is 12. The van der Waals surface area contributed by atoms with Gasteiger partial charge in [-0.3, -0.25) is 30.2 Å². The summed E-state index contributed by atoms with van der Waals surface area (Å²) in [5.41, 5.74) is 6.50. The Bertz CT molecular complexity index is 5110. The van der Waals surface area contributed by atoms with Crippen LogP contribution in [0.25, 0.3) is 33.1 Å². The molecule has 2 fully saturated rings. The number of phenolic OH excluding ortho intramolecular Hbond substituents is 1. The lowest BCUT2D eigenvalue weighted by atomic mass is 9.92. The van der Waals surface area contributed by atoms with Crippen molar-refractivity contribution >= 4 is 145 Å². The Labute approximate surface area is 739 Å². The third kappa shape index (κ3) is 28.7. The first-order valence-electron chi connectivity index (χ1n) is 41.9. The predicted molar refractivity (Wildman–Crippen MR) is 499 cm³/mol. The number of ether oxygens (including phenoxy) is 4. The molecule has 10 rings (SSSR count). The molecule has 0 spiro atoms. The van der Waals surface area contributed by atoms with Crippen molar-refractivity contribution < 1.29 is 93.9 Å². The number of carbonyl (C=O) groups is 3. The van der Waals surface area contributed by atoms with E-state index in [0.717, 1.165) is 47.2 Å². The Morgan fingerprint density at radius 1 is 0.706 bits per heavy atom. The van der Waals surface area contributed by atoms with E-state index in [0.29, 0.717) is 101 Å². The number of carboxylic acids is 1. The van der Waals surface area contributed by atoms with Crippen molar-refractivity contribution in [2.75, 3.05) is 108 Å². The lowest BCUT2D eigenvalue weighted by Crippen LogP contribution is -2.38. The van der Waals surface area contributed by atoms with Gasteiger partial charge in [0.15, 0.2) is 29.2 Å². The quantitative estimate of drug-likeness (QED) is 0.00147. The van der Waals surface area contributed by atoms with Crippen LogP contribution in [-0.4, -0.2) is 285 Å². The topological polar surface area (TPSA) is 515 Å². The van der Waals surface area contributed by atoms with Crippen LogP contribution in [0.1, 0.15) is 114 Å². The number of hydrogen-bond acceptors (Lipinski definition) is 25. The molecule has 126 heavy (non-hydrogen) atoms. The van der Waals surface area contributed by atoms with E-state index in [1.54, 1.807) is 67.6 Å². The number of fused-ring (bicyclic) bond motifs is 3. The number of allylic oxidation sites excluding steroid dienone is 8. The van der Waals surface area contributed by atoms with Gasteiger partial charge in [0.1, 0.15) is 42.2 Å². The Morgan fingerprint density at radius 3 is 2.07 bits per heavy atom. The summed E-state index contributed by atoms with van der Waals surface area (Å²) in [4.78, 5) is 77.3. The smallest absolute Gasteiger partial charge is 0.363 e. The minimum atomic E-state index is -1.16. The van der Waals surface area contributed by atoms with Crippen LogP contribution >= 0.6 is 24.4 Å². The number of unbranched alkanes of at least 4 members (excludes halogenated alkanes) is 3. The summed E-state index contributed by atoms with van der Waals surface area (Å²) in [6.45, 7) is 5.60. The second-order valence-electron chi connectivity index (χ2n) is 31.3. The van der Waals surface area contributed by atoms with Gasteiger partial charge in [-0.1, -0.05) is 44.5 Å². The number of anilines is 3. The first-order valence-corrected chi connectivity index (χ1v) is 43.4. The molecule has 2 aliphatic carbocycles. The maximum atomic E-state index is 13.2. The molecule has 1 aromatic heterocycles. The molecule has 0 bridgehead atoms. The van der Waals surface area contributed by atoms with Crippen LogP contribution in [0.4, 0.5) is 17.1 Å². The van der Waals surface area contributed by atoms with Gasteiger partial charge in [-0.25, -0.2) is 34.0 Å². The number of aliphatic imine (C=N–C) groups is 8. The summed E-state index contributed by atoms with van der Waals surface area (Å²) in [7, 11) is 7.71. The number of epoxide rings is 1. The first kappa shape index (κ1) is 96.0. The van der Waals surface area contributed by atoms with Crippen LogP contribution in [0.15, 0.2) is 193 Å². The highest BCUT2D eigenvalue weighted by Gasteiger charge is 2.51. The van der Waals surface area contributed by atoms with Gasteiger partial charge < -0.3 is 101 Å². The number of esters is 1. The number of benzene rings is 4. The number of rotatable bonds is 48. The van der Waals surface area contributed by atoms with Crippen LogP contribution in [0, 0.1) is 11.3 Å². The van der Waals surface area contributed by atoms with E-state index in [-0.39, 0.29) is 130 Å². The highest BCUT2D eigenvalue weighted by atomic mass is 32.2. The molecule has 0 unspecified atom stereocenters. The van der Waals surface area contributed by atoms with Crippen LogP contribution in [0.2, 0.25) is 0 Å². The Balaban J connectivity index is 0.748. The summed E-state index contributed by atoms with van der Waals surface area (Å²) in [6, 6.07) is 18.8. The van der Waals surface area contributed by atoms with Crippen LogP contribution in [0.3, 0.4) is 0 Å². The van der Waals surface area contributed by atoms with Crippen molar-refractivity contribution in [3.05, 3.63) is 150 Å². The predicted octanol–water partition coefficient (Wildman–Crippen LogP) is 13.2. The molecule has 3 aliphatic heterocycles. The number of phenols is 1. The van der Waals surface area contributed by atoms with Crippen LogP contribution < -0.4 is 25.8 Å². The van der Waals surface area contributed by atoms with Gasteiger partial charge in [0.05, 0.1) is 79.2 Å². The number of aromatic carboxylic acids is 1. The molecule has 0 saturated carbocycles. The van der Waals surface area contributed by atoms with E-state index in [1.807, 2.05) is 100.0 Å². The minimum absolute atomic E-state index is 0.00848. The average Bonchev–Trinajstić information content (AvgIpc) is 0.904. The summed E-state index contributed by atoms with van der Waals surface area (Å²) in [6.07, 6.45) is 14.5. The van der Waals surface area contributed by atoms with Crippen molar-refractivity contribution in [2.45, 2.75) is 158 Å². The van der Waals surface area contributed by atoms with Crippen molar-refractivity contribution in [1.29, 1.82) is 5.41 Å². The highest BCUT2D eigenvalue weighted by Crippen LogP contribution is 2.42. The van der Waals surface area contributed by atoms with Crippen LogP contribution in [0.5, 0.6) is 5.75 Å². The van der Waals surface area contributed by atoms with Crippen molar-refractivity contribution in [1.82, 2.24) is 10.6 Å². The number of hydrogen-bond donors (Lipinski definition) is 16. The van der Waals surface area contributed by atoms with Crippen molar-refractivity contribution in [2.24, 2.45) is 56.1 Å². The van der Waals surface area contributed by atoms with Crippen molar-refractivity contribution in [3.8, 4) is 16.9 Å². The molecule has 15 N–H and O–H groups in total. The van der Waals surface area contributed by atoms with E-state index in [4.69, 9.17) is 28.8 Å². The molecule has 674 valence electrons. The number of ketones is 1. The number of aromatic hydroxyl groups is 1. The zero-order valence-corrected chi connectivity index (χ0v) is 73.2. The van der Waals surface area contributed by atoms with Gasteiger partial charge in [-0.05, 0) is 179 Å². The van der Waals surface area contributed by atoms with E-state index in [9.17, 15) is 70.6 Å². The zero-order chi connectivity index (χ0) is 90.5. The maximum Gasteiger partial charge on any atom is 0.363 e. The molecule has 0 radical (unpaired) electrons. The van der Waals surface area contributed by atoms with Gasteiger partial charge in [-0.2, -0.15) is 16.9 Å². The third-order valence-electron chi connectivity index (χ3n) is 20.8. The lowest BCUT2D eigenvalue weighted by Gasteiger charge is -2.18. The van der Waals surface area contributed by atoms with Gasteiger partial charge in [0, 0.05) is 99.9 Å². The van der Waals surface area contributed by atoms with Crippen LogP contribution in [-0.2, 0) is 35.0 Å². The molecule has 5 aliphatic rings. The molecular formula is C89H113N16O19S2+. The Morgan fingerprint density at radius 2 is 1.39 bits per heavy atom. The summed E-state index contributed by atoms with van der Waals surface area (Å²) < 4.78 is 28.2. The largest absolute Gasteiger partial charge is 0.508 e.